The molecule has 0 spiro atoms. The van der Waals surface area contributed by atoms with Gasteiger partial charge < -0.3 is 5.32 Å². The highest BCUT2D eigenvalue weighted by molar-refractivity contribution is 6.08. The lowest BCUT2D eigenvalue weighted by Crippen LogP contribution is -2.20. The van der Waals surface area contributed by atoms with Crippen molar-refractivity contribution in [3.63, 3.8) is 0 Å². The zero-order valence-corrected chi connectivity index (χ0v) is 8.20. The van der Waals surface area contributed by atoms with Gasteiger partial charge in [-0.1, -0.05) is 19.9 Å². The molecule has 2 heteroatoms. The first kappa shape index (κ1) is 8.18. The topological polar surface area (TPSA) is 12.0 Å². The molecule has 0 aromatic carbocycles. The average molecular weight is 131 g/mol. The summed E-state index contributed by atoms with van der Waals surface area (Å²) in [6, 6.07) is 1.42. The Kier molecular flexibility index (Phi) is 5.43. The van der Waals surface area contributed by atoms with Crippen molar-refractivity contribution in [3.8, 4) is 0 Å². The molecule has 0 fully saturated rings. The quantitative estimate of drug-likeness (QED) is 0.530. The first-order valence-corrected chi connectivity index (χ1v) is 4.93. The SMILES string of the molecule is CCNCC(C)C[SiH3]. The molecule has 8 heavy (non-hydrogen) atoms. The van der Waals surface area contributed by atoms with Gasteiger partial charge in [0.15, 0.2) is 0 Å². The molecule has 1 atom stereocenters. The lowest BCUT2D eigenvalue weighted by atomic mass is 10.2. The highest BCUT2D eigenvalue weighted by Gasteiger charge is 1.93. The Morgan fingerprint density at radius 3 is 2.62 bits per heavy atom. The average Bonchev–Trinajstić information content (AvgIpc) is 1.83. The Hall–Kier alpha value is 0.177. The van der Waals surface area contributed by atoms with E-state index in [-0.39, 0.29) is 0 Å². The van der Waals surface area contributed by atoms with Crippen molar-refractivity contribution in [2.75, 3.05) is 13.1 Å². The summed E-state index contributed by atoms with van der Waals surface area (Å²) >= 11 is 0. The molecule has 0 bridgehead atoms. The van der Waals surface area contributed by atoms with E-state index in [1.807, 2.05) is 0 Å². The molecule has 0 aliphatic rings. The van der Waals surface area contributed by atoms with Crippen molar-refractivity contribution in [2.45, 2.75) is 19.9 Å². The number of hydrogen-bond acceptors (Lipinski definition) is 1. The molecule has 0 aliphatic carbocycles. The number of rotatable bonds is 4. The maximum atomic E-state index is 3.32. The summed E-state index contributed by atoms with van der Waals surface area (Å²) in [4.78, 5) is 0. The maximum Gasteiger partial charge on any atom is 0.00319 e. The molecule has 1 nitrogen and oxygen atoms in total. The van der Waals surface area contributed by atoms with Crippen molar-refractivity contribution in [1.82, 2.24) is 5.32 Å². The van der Waals surface area contributed by atoms with Crippen LogP contribution in [0, 0.1) is 5.92 Å². The van der Waals surface area contributed by atoms with E-state index in [0.717, 1.165) is 12.5 Å². The summed E-state index contributed by atoms with van der Waals surface area (Å²) in [5, 5.41) is 3.32. The third-order valence-corrected chi connectivity index (χ3v) is 2.83. The van der Waals surface area contributed by atoms with E-state index in [1.54, 1.807) is 0 Å². The van der Waals surface area contributed by atoms with E-state index in [0.29, 0.717) is 0 Å². The molecule has 0 radical (unpaired) electrons. The number of nitrogens with one attached hydrogen (secondary N) is 1. The van der Waals surface area contributed by atoms with Gasteiger partial charge in [0, 0.05) is 10.2 Å². The predicted octanol–water partition coefficient (Wildman–Crippen LogP) is 0.0157. The van der Waals surface area contributed by atoms with E-state index in [4.69, 9.17) is 0 Å². The van der Waals surface area contributed by atoms with Gasteiger partial charge >= 0.3 is 0 Å². The summed E-state index contributed by atoms with van der Waals surface area (Å²) in [7, 11) is 1.35. The fourth-order valence-corrected chi connectivity index (χ4v) is 0.824. The standard InChI is InChI=1S/C6H17NSi/c1-3-7-4-6(2)5-8/h6-7H,3-5H2,1-2,8H3. The molecule has 1 unspecified atom stereocenters. The maximum absolute atomic E-state index is 3.32. The van der Waals surface area contributed by atoms with Crippen LogP contribution in [0.5, 0.6) is 0 Å². The van der Waals surface area contributed by atoms with Gasteiger partial charge in [-0.25, -0.2) is 0 Å². The normalized spacial score (nSPS) is 14.2. The molecule has 0 aromatic rings. The van der Waals surface area contributed by atoms with Crippen LogP contribution in [0.15, 0.2) is 0 Å². The fraction of sp³-hybridized carbons (Fsp3) is 1.00. The fourth-order valence-electron chi connectivity index (χ4n) is 0.535. The van der Waals surface area contributed by atoms with Gasteiger partial charge in [-0.3, -0.25) is 0 Å². The van der Waals surface area contributed by atoms with E-state index in [2.05, 4.69) is 19.2 Å². The van der Waals surface area contributed by atoms with Gasteiger partial charge in [-0.15, -0.1) is 0 Å². The van der Waals surface area contributed by atoms with E-state index in [1.165, 1.54) is 22.8 Å². The smallest absolute Gasteiger partial charge is 0.00319 e. The Labute approximate surface area is 55.3 Å². The van der Waals surface area contributed by atoms with Gasteiger partial charge in [0.05, 0.1) is 0 Å². The molecule has 0 heterocycles. The summed E-state index contributed by atoms with van der Waals surface area (Å²) < 4.78 is 0. The molecule has 0 aliphatic heterocycles. The lowest BCUT2D eigenvalue weighted by molar-refractivity contribution is 0.566. The minimum absolute atomic E-state index is 0.904. The monoisotopic (exact) mass is 131 g/mol. The summed E-state index contributed by atoms with van der Waals surface area (Å²) in [5.41, 5.74) is 0. The molecular formula is C6H17NSi. The second kappa shape index (κ2) is 5.32. The highest BCUT2D eigenvalue weighted by atomic mass is 28.1. The minimum atomic E-state index is 0.904. The third-order valence-electron chi connectivity index (χ3n) is 1.44. The van der Waals surface area contributed by atoms with Gasteiger partial charge in [0.25, 0.3) is 0 Å². The van der Waals surface area contributed by atoms with Gasteiger partial charge in [-0.05, 0) is 19.0 Å². The van der Waals surface area contributed by atoms with Crippen molar-refractivity contribution in [1.29, 1.82) is 0 Å². The summed E-state index contributed by atoms with van der Waals surface area (Å²) in [5.74, 6) is 0.904. The molecule has 1 N–H and O–H groups in total. The lowest BCUT2D eigenvalue weighted by Gasteiger charge is -2.06. The minimum Gasteiger partial charge on any atom is -0.317 e. The van der Waals surface area contributed by atoms with Crippen LogP contribution in [0.1, 0.15) is 13.8 Å². The first-order valence-electron chi connectivity index (χ1n) is 3.52. The molecule has 0 aromatic heterocycles. The van der Waals surface area contributed by atoms with Gasteiger partial charge in [0.2, 0.25) is 0 Å². The van der Waals surface area contributed by atoms with E-state index < -0.39 is 0 Å². The van der Waals surface area contributed by atoms with Crippen molar-refractivity contribution >= 4 is 10.2 Å². The summed E-state index contributed by atoms with van der Waals surface area (Å²) in [6.07, 6.45) is 0. The zero-order chi connectivity index (χ0) is 6.41. The van der Waals surface area contributed by atoms with Crippen LogP contribution in [-0.4, -0.2) is 23.3 Å². The Balaban J connectivity index is 2.86. The van der Waals surface area contributed by atoms with Crippen molar-refractivity contribution < 1.29 is 0 Å². The molecule has 0 saturated heterocycles. The second-order valence-electron chi connectivity index (χ2n) is 2.32. The van der Waals surface area contributed by atoms with E-state index >= 15 is 0 Å². The van der Waals surface area contributed by atoms with Crippen LogP contribution in [0.25, 0.3) is 0 Å². The van der Waals surface area contributed by atoms with Gasteiger partial charge in [0.1, 0.15) is 0 Å². The van der Waals surface area contributed by atoms with Crippen LogP contribution < -0.4 is 5.32 Å². The van der Waals surface area contributed by atoms with Crippen LogP contribution >= 0.6 is 0 Å². The zero-order valence-electron chi connectivity index (χ0n) is 6.20. The molecule has 0 saturated carbocycles. The molecular weight excluding hydrogens is 114 g/mol. The first-order chi connectivity index (χ1) is 3.81. The van der Waals surface area contributed by atoms with Crippen LogP contribution in [0.4, 0.5) is 0 Å². The van der Waals surface area contributed by atoms with Crippen LogP contribution in [0.3, 0.4) is 0 Å². The van der Waals surface area contributed by atoms with Gasteiger partial charge in [-0.2, -0.15) is 0 Å². The van der Waals surface area contributed by atoms with Crippen molar-refractivity contribution in [3.05, 3.63) is 0 Å². The molecule has 50 valence electrons. The number of hydrogen-bond donors (Lipinski definition) is 1. The molecule has 0 amide bonds. The third kappa shape index (κ3) is 4.34. The van der Waals surface area contributed by atoms with E-state index in [9.17, 15) is 0 Å². The van der Waals surface area contributed by atoms with Crippen LogP contribution in [-0.2, 0) is 0 Å². The van der Waals surface area contributed by atoms with Crippen LogP contribution in [0.2, 0.25) is 6.04 Å². The Morgan fingerprint density at radius 1 is 1.62 bits per heavy atom. The predicted molar refractivity (Wildman–Crippen MR) is 42.5 cm³/mol. The Bertz CT molecular complexity index is 47.8. The largest absolute Gasteiger partial charge is 0.317 e. The van der Waals surface area contributed by atoms with Crippen molar-refractivity contribution in [2.24, 2.45) is 5.92 Å². The second-order valence-corrected chi connectivity index (χ2v) is 3.14. The molecule has 0 rings (SSSR count). The Morgan fingerprint density at radius 2 is 2.25 bits per heavy atom. The highest BCUT2D eigenvalue weighted by Crippen LogP contribution is 1.94. The summed E-state index contributed by atoms with van der Waals surface area (Å²) in [6.45, 7) is 6.78.